The van der Waals surface area contributed by atoms with Crippen LogP contribution in [0, 0.1) is 30.6 Å². The van der Waals surface area contributed by atoms with Crippen LogP contribution >= 0.6 is 0 Å². The molecule has 17 heteroatoms. The number of nitrogens with one attached hydrogen (secondary N) is 2. The van der Waals surface area contributed by atoms with Crippen molar-refractivity contribution in [2.24, 2.45) is 23.7 Å². The molecule has 5 N–H and O–H groups in total. The molecule has 17 nitrogen and oxygen atoms in total. The lowest BCUT2D eigenvalue weighted by Crippen LogP contribution is -2.48. The number of amides is 2. The second-order valence-corrected chi connectivity index (χ2v) is 17.9. The number of hydrogen-bond acceptors (Lipinski definition) is 15. The fourth-order valence-electron chi connectivity index (χ4n) is 9.42. The minimum Gasteiger partial charge on any atom is -0.507 e. The second kappa shape index (κ2) is 20.0. The number of phenolic OH excluding ortho intramolecular Hbond substituents is 1. The van der Waals surface area contributed by atoms with Gasteiger partial charge < -0.3 is 59.4 Å². The number of carbonyl (C=O) groups is 5. The smallest absolute Gasteiger partial charge is 0.407 e. The van der Waals surface area contributed by atoms with E-state index < -0.39 is 94.5 Å². The van der Waals surface area contributed by atoms with E-state index >= 15 is 0 Å². The highest BCUT2D eigenvalue weighted by atomic mass is 16.7. The van der Waals surface area contributed by atoms with Crippen LogP contribution < -0.4 is 15.4 Å². The molecule has 1 aliphatic carbocycles. The maximum Gasteiger partial charge on any atom is 0.407 e. The number of fused-ring (bicyclic) bond motifs is 14. The number of ether oxygens (including phenoxy) is 5. The van der Waals surface area contributed by atoms with Gasteiger partial charge in [-0.15, -0.1) is 0 Å². The third kappa shape index (κ3) is 9.50. The molecular formula is C47H64N4O13. The van der Waals surface area contributed by atoms with Crippen molar-refractivity contribution in [1.29, 1.82) is 0 Å². The predicted octanol–water partition coefficient (Wildman–Crippen LogP) is 3.94. The van der Waals surface area contributed by atoms with Crippen LogP contribution in [0.15, 0.2) is 47.5 Å². The first-order chi connectivity index (χ1) is 30.3. The zero-order chi connectivity index (χ0) is 46.8. The summed E-state index contributed by atoms with van der Waals surface area (Å²) in [6, 6.07) is 0.344. The summed E-state index contributed by atoms with van der Waals surface area (Å²) >= 11 is 0. The Balaban J connectivity index is 1.40. The molecule has 0 aromatic heterocycles. The molecule has 0 spiro atoms. The number of allylic oxidation sites excluding steroid dienone is 4. The topological polar surface area (TPSA) is 223 Å². The molecule has 0 saturated carbocycles. The minimum absolute atomic E-state index is 0.00166. The van der Waals surface area contributed by atoms with Gasteiger partial charge in [-0.1, -0.05) is 45.9 Å². The first-order valence-corrected chi connectivity index (χ1v) is 22.2. The molecule has 1 unspecified atom stereocenters. The number of rotatable bonds is 6. The van der Waals surface area contributed by atoms with Crippen LogP contribution in [-0.4, -0.2) is 144 Å². The first-order valence-electron chi connectivity index (χ1n) is 22.2. The summed E-state index contributed by atoms with van der Waals surface area (Å²) in [5.41, 5.74) is -1.47. The van der Waals surface area contributed by atoms with E-state index in [2.05, 4.69) is 22.6 Å². The Hall–Kier alpha value is -5.07. The van der Waals surface area contributed by atoms with Crippen LogP contribution in [-0.2, 0) is 23.7 Å². The fraction of sp³-hybridized carbons (Fsp3) is 0.596. The predicted molar refractivity (Wildman–Crippen MR) is 234 cm³/mol. The van der Waals surface area contributed by atoms with E-state index in [4.69, 9.17) is 23.7 Å². The van der Waals surface area contributed by atoms with Crippen LogP contribution in [0.1, 0.15) is 97.4 Å². The summed E-state index contributed by atoms with van der Waals surface area (Å²) in [5.74, 6) is -8.66. The highest BCUT2D eigenvalue weighted by Crippen LogP contribution is 2.49. The molecule has 2 amide bonds. The van der Waals surface area contributed by atoms with E-state index in [1.54, 1.807) is 44.7 Å². The SMILES string of the molecule is CO[C@H]1C=CO[C@@]2(C)Oc3c(C)c(O)c4c(c3C2=O)C(=O)C(N2CCOCC2)=C(NC(=O)C(C)=CC=C[C@H](C)[C@H](O)[C@@H](C)[C@@H](O)[C@@H](C)[C@H](OC(=O)NCCC2CCCN2C)[C@@H]1C)C4=O. The van der Waals surface area contributed by atoms with Gasteiger partial charge in [0, 0.05) is 74.5 Å². The Bertz CT molecular complexity index is 2130. The van der Waals surface area contributed by atoms with Crippen LogP contribution in [0.3, 0.4) is 0 Å². The van der Waals surface area contributed by atoms with Gasteiger partial charge in [-0.25, -0.2) is 4.79 Å². The normalized spacial score (nSPS) is 32.0. The first kappa shape index (κ1) is 48.4. The molecule has 6 aliphatic rings. The van der Waals surface area contributed by atoms with Gasteiger partial charge in [-0.3, -0.25) is 19.2 Å². The molecule has 2 fully saturated rings. The van der Waals surface area contributed by atoms with Gasteiger partial charge in [0.15, 0.2) is 0 Å². The van der Waals surface area contributed by atoms with Crippen molar-refractivity contribution in [2.75, 3.05) is 53.6 Å². The summed E-state index contributed by atoms with van der Waals surface area (Å²) in [6.07, 6.45) is 5.54. The summed E-state index contributed by atoms with van der Waals surface area (Å²) < 4.78 is 29.6. The van der Waals surface area contributed by atoms with E-state index in [9.17, 15) is 39.3 Å². The molecule has 2 saturated heterocycles. The van der Waals surface area contributed by atoms with Gasteiger partial charge in [0.2, 0.25) is 11.6 Å². The number of Topliss-reactive ketones (excluding diaryl/α,β-unsaturated/α-hetero) is 3. The van der Waals surface area contributed by atoms with Crippen molar-refractivity contribution < 1.29 is 63.0 Å². The summed E-state index contributed by atoms with van der Waals surface area (Å²) in [4.78, 5) is 74.9. The Morgan fingerprint density at radius 2 is 1.66 bits per heavy atom. The number of carbonyl (C=O) groups excluding carboxylic acids is 5. The van der Waals surface area contributed by atoms with Crippen LogP contribution in [0.5, 0.6) is 11.5 Å². The van der Waals surface area contributed by atoms with E-state index in [1.165, 1.54) is 46.3 Å². The van der Waals surface area contributed by atoms with Crippen molar-refractivity contribution in [3.05, 3.63) is 69.8 Å². The van der Waals surface area contributed by atoms with Crippen molar-refractivity contribution >= 4 is 29.4 Å². The van der Waals surface area contributed by atoms with Crippen molar-refractivity contribution in [3.63, 3.8) is 0 Å². The number of morpholine rings is 1. The maximum atomic E-state index is 14.8. The summed E-state index contributed by atoms with van der Waals surface area (Å²) in [6.45, 7) is 13.4. The summed E-state index contributed by atoms with van der Waals surface area (Å²) in [5, 5.41) is 40.4. The lowest BCUT2D eigenvalue weighted by molar-refractivity contribution is -0.116. The van der Waals surface area contributed by atoms with Crippen LogP contribution in [0.4, 0.5) is 4.79 Å². The van der Waals surface area contributed by atoms with Crippen LogP contribution in [0.2, 0.25) is 0 Å². The molecule has 350 valence electrons. The average Bonchev–Trinajstić information content (AvgIpc) is 3.81. The van der Waals surface area contributed by atoms with Crippen molar-refractivity contribution in [3.8, 4) is 11.5 Å². The Labute approximate surface area is 374 Å². The number of likely N-dealkylation sites (tertiary alicyclic amines) is 1. The third-order valence-electron chi connectivity index (χ3n) is 13.6. The lowest BCUT2D eigenvalue weighted by atomic mass is 9.78. The highest BCUT2D eigenvalue weighted by Gasteiger charge is 2.53. The largest absolute Gasteiger partial charge is 0.507 e. The van der Waals surface area contributed by atoms with E-state index in [1.807, 2.05) is 0 Å². The number of phenols is 1. The van der Waals surface area contributed by atoms with Gasteiger partial charge >= 0.3 is 11.9 Å². The number of hydrogen-bond donors (Lipinski definition) is 5. The summed E-state index contributed by atoms with van der Waals surface area (Å²) in [7, 11) is 3.50. The molecule has 5 heterocycles. The standard InChI is InChI=1S/C47H64N4O13/c1-24-12-10-13-25(2)45(58)49-35-36(51-19-22-61-23-20-51)41(56)32-33(40(35)55)39(54)29(6)43-34(32)44(57)47(7,64-43)62-21-16-31(60-9)26(3)42(28(5)38(53)27(4)37(24)52)63-46(59)48-17-15-30-14-11-18-50(30)8/h10,12-13,16,21,24,26-28,30-31,37-38,42,52-54H,11,14-15,17-20,22-23H2,1-9H3,(H,48,59)(H,49,58)/t24-,26+,27+,28+,30?,31-,37-,38+,42+,47-/m0/s1. The zero-order valence-corrected chi connectivity index (χ0v) is 38.3. The van der Waals surface area contributed by atoms with E-state index in [0.717, 1.165) is 25.8 Å². The number of methoxy groups -OCH3 is 1. The molecule has 5 bridgehead atoms. The molecule has 10 atom stereocenters. The fourth-order valence-corrected chi connectivity index (χ4v) is 9.42. The average molecular weight is 893 g/mol. The number of ketones is 3. The van der Waals surface area contributed by atoms with Gasteiger partial charge in [-0.05, 0) is 52.8 Å². The molecule has 0 radical (unpaired) electrons. The molecule has 1 aromatic rings. The number of aliphatic hydroxyl groups is 2. The number of alkyl carbamates (subject to hydrolysis) is 1. The van der Waals surface area contributed by atoms with Gasteiger partial charge in [-0.2, -0.15) is 0 Å². The number of benzene rings is 1. The van der Waals surface area contributed by atoms with E-state index in [0.29, 0.717) is 12.6 Å². The quantitative estimate of drug-likeness (QED) is 0.273. The van der Waals surface area contributed by atoms with Crippen molar-refractivity contribution in [2.45, 2.75) is 104 Å². The zero-order valence-electron chi connectivity index (χ0n) is 38.3. The Morgan fingerprint density at radius 1 is 0.953 bits per heavy atom. The second-order valence-electron chi connectivity index (χ2n) is 17.9. The number of nitrogens with zero attached hydrogens (tertiary/aromatic N) is 2. The lowest BCUT2D eigenvalue weighted by Gasteiger charge is -2.38. The molecule has 7 rings (SSSR count). The van der Waals surface area contributed by atoms with E-state index in [-0.39, 0.29) is 65.7 Å². The van der Waals surface area contributed by atoms with Gasteiger partial charge in [0.1, 0.15) is 29.0 Å². The number of aliphatic hydroxyl groups excluding tert-OH is 2. The molecule has 5 aliphatic heterocycles. The maximum absolute atomic E-state index is 14.8. The monoisotopic (exact) mass is 892 g/mol. The molecule has 64 heavy (non-hydrogen) atoms. The molecule has 1 aromatic carbocycles. The Morgan fingerprint density at radius 3 is 2.31 bits per heavy atom. The van der Waals surface area contributed by atoms with Crippen molar-refractivity contribution in [1.82, 2.24) is 20.4 Å². The highest BCUT2D eigenvalue weighted by molar-refractivity contribution is 6.32. The van der Waals surface area contributed by atoms with Gasteiger partial charge in [0.05, 0.1) is 54.5 Å². The van der Waals surface area contributed by atoms with Crippen LogP contribution in [0.25, 0.3) is 0 Å². The minimum atomic E-state index is -2.09. The third-order valence-corrected chi connectivity index (χ3v) is 13.6. The number of aromatic hydroxyl groups is 1. The molecular weight excluding hydrogens is 829 g/mol. The Kier molecular flexibility index (Phi) is 15.1. The van der Waals surface area contributed by atoms with Gasteiger partial charge in [0.25, 0.3) is 11.7 Å².